The van der Waals surface area contributed by atoms with Crippen molar-refractivity contribution in [3.8, 4) is 0 Å². The number of ether oxygens (including phenoxy) is 1. The van der Waals surface area contributed by atoms with Crippen molar-refractivity contribution in [3.63, 3.8) is 0 Å². The number of hydrogen-bond acceptors (Lipinski definition) is 4. The van der Waals surface area contributed by atoms with Crippen LogP contribution in [-0.4, -0.2) is 32.7 Å². The van der Waals surface area contributed by atoms with Crippen LogP contribution in [0.4, 0.5) is 0 Å². The molecule has 6 nitrogen and oxygen atoms in total. The fourth-order valence-electron chi connectivity index (χ4n) is 3.39. The van der Waals surface area contributed by atoms with Crippen LogP contribution >= 0.6 is 0 Å². The predicted molar refractivity (Wildman–Crippen MR) is 128 cm³/mol. The van der Waals surface area contributed by atoms with Crippen molar-refractivity contribution in [2.45, 2.75) is 26.6 Å². The van der Waals surface area contributed by atoms with E-state index in [0.29, 0.717) is 11.3 Å². The molecule has 0 saturated carbocycles. The van der Waals surface area contributed by atoms with Gasteiger partial charge in [-0.25, -0.2) is 9.48 Å². The number of carboxylic acids is 1. The summed E-state index contributed by atoms with van der Waals surface area (Å²) in [6.07, 6.45) is 2.88. The third kappa shape index (κ3) is 5.07. The Kier molecular flexibility index (Phi) is 6.47. The van der Waals surface area contributed by atoms with Crippen LogP contribution in [0.25, 0.3) is 23.2 Å². The molecule has 33 heavy (non-hydrogen) atoms. The van der Waals surface area contributed by atoms with Crippen LogP contribution in [0.1, 0.15) is 39.7 Å². The molecule has 0 amide bonds. The summed E-state index contributed by atoms with van der Waals surface area (Å²) in [5, 5.41) is 14.3. The number of aliphatic carboxylic acids is 1. The van der Waals surface area contributed by atoms with Gasteiger partial charge in [-0.1, -0.05) is 72.3 Å². The van der Waals surface area contributed by atoms with Crippen LogP contribution in [0.3, 0.4) is 0 Å². The zero-order valence-electron chi connectivity index (χ0n) is 18.4. The van der Waals surface area contributed by atoms with E-state index in [0.717, 1.165) is 27.6 Å². The molecule has 0 saturated heterocycles. The highest BCUT2D eigenvalue weighted by atomic mass is 16.5. The molecule has 166 valence electrons. The van der Waals surface area contributed by atoms with Gasteiger partial charge in [-0.15, -0.1) is 0 Å². The van der Waals surface area contributed by atoms with E-state index in [1.165, 1.54) is 6.92 Å². The summed E-state index contributed by atoms with van der Waals surface area (Å²) in [4.78, 5) is 24.0. The molecule has 1 N–H and O–H groups in total. The zero-order chi connectivity index (χ0) is 23.4. The highest BCUT2D eigenvalue weighted by molar-refractivity contribution is 6.15. The quantitative estimate of drug-likeness (QED) is 0.381. The van der Waals surface area contributed by atoms with Gasteiger partial charge < -0.3 is 9.84 Å². The fourth-order valence-corrected chi connectivity index (χ4v) is 3.39. The van der Waals surface area contributed by atoms with Crippen LogP contribution in [0.15, 0.2) is 72.8 Å². The third-order valence-electron chi connectivity index (χ3n) is 5.38. The van der Waals surface area contributed by atoms with Gasteiger partial charge in [-0.3, -0.25) is 4.79 Å². The van der Waals surface area contributed by atoms with Gasteiger partial charge in [0.1, 0.15) is 5.69 Å². The largest absolute Gasteiger partial charge is 0.479 e. The summed E-state index contributed by atoms with van der Waals surface area (Å²) in [6, 6.07) is 22.8. The Balaban J connectivity index is 1.56. The fraction of sp³-hybridized carbons (Fsp3) is 0.148. The molecule has 0 bridgehead atoms. The lowest BCUT2D eigenvalue weighted by Gasteiger charge is -2.08. The van der Waals surface area contributed by atoms with Crippen LogP contribution in [0, 0.1) is 6.92 Å². The molecule has 4 aromatic rings. The van der Waals surface area contributed by atoms with Crippen molar-refractivity contribution in [2.24, 2.45) is 0 Å². The maximum atomic E-state index is 13.1. The van der Waals surface area contributed by atoms with E-state index in [2.05, 4.69) is 5.10 Å². The third-order valence-corrected chi connectivity index (χ3v) is 5.38. The molecule has 1 aromatic heterocycles. The van der Waals surface area contributed by atoms with Crippen molar-refractivity contribution in [1.29, 1.82) is 0 Å². The number of benzene rings is 3. The Morgan fingerprint density at radius 2 is 1.73 bits per heavy atom. The number of fused-ring (bicyclic) bond motifs is 1. The number of hydrogen-bond donors (Lipinski definition) is 1. The first-order valence-corrected chi connectivity index (χ1v) is 10.6. The van der Waals surface area contributed by atoms with E-state index in [1.54, 1.807) is 4.68 Å². The highest BCUT2D eigenvalue weighted by Crippen LogP contribution is 2.22. The molecule has 0 aliphatic heterocycles. The van der Waals surface area contributed by atoms with E-state index < -0.39 is 12.1 Å². The maximum absolute atomic E-state index is 13.1. The van der Waals surface area contributed by atoms with Gasteiger partial charge in [0.25, 0.3) is 0 Å². The number of ketones is 1. The molecule has 0 radical (unpaired) electrons. The number of rotatable bonds is 8. The first-order valence-electron chi connectivity index (χ1n) is 10.6. The molecule has 4 rings (SSSR count). The maximum Gasteiger partial charge on any atom is 0.332 e. The normalized spacial score (nSPS) is 12.3. The first-order chi connectivity index (χ1) is 15.9. The molecule has 1 heterocycles. The van der Waals surface area contributed by atoms with Gasteiger partial charge in [-0.05, 0) is 37.1 Å². The number of para-hydroxylation sites is 1. The first kappa shape index (κ1) is 22.2. The van der Waals surface area contributed by atoms with Crippen LogP contribution in [0.5, 0.6) is 0 Å². The number of carbonyl (C=O) groups excluding carboxylic acids is 1. The number of nitrogens with zero attached hydrogens (tertiary/aromatic N) is 2. The summed E-state index contributed by atoms with van der Waals surface area (Å²) < 4.78 is 7.02. The lowest BCUT2D eigenvalue weighted by molar-refractivity contribution is -0.149. The molecular weight excluding hydrogens is 416 g/mol. The van der Waals surface area contributed by atoms with E-state index in [4.69, 9.17) is 9.84 Å². The number of aryl methyl sites for hydroxylation is 1. The van der Waals surface area contributed by atoms with Crippen molar-refractivity contribution in [3.05, 3.63) is 101 Å². The van der Waals surface area contributed by atoms with Gasteiger partial charge in [0.2, 0.25) is 5.78 Å². The Bertz CT molecular complexity index is 1320. The van der Waals surface area contributed by atoms with E-state index >= 15 is 0 Å². The summed E-state index contributed by atoms with van der Waals surface area (Å²) >= 11 is 0. The standard InChI is InChI=1S/C27H24N2O4/c1-18-7-13-22(14-8-18)26(30)25-23-5-3-4-6-24(23)29(28-25)16-15-20-9-11-21(12-10-20)17-33-19(2)27(31)32/h3-16,19H,17H2,1-2H3,(H,31,32)/b16-15+/t19-/m1/s1. The average Bonchev–Trinajstić information content (AvgIpc) is 3.20. The smallest absolute Gasteiger partial charge is 0.332 e. The predicted octanol–water partition coefficient (Wildman–Crippen LogP) is 5.19. The lowest BCUT2D eigenvalue weighted by atomic mass is 10.0. The van der Waals surface area contributed by atoms with Gasteiger partial charge in [0, 0.05) is 17.1 Å². The molecule has 0 aliphatic rings. The molecule has 0 spiro atoms. The highest BCUT2D eigenvalue weighted by Gasteiger charge is 2.18. The summed E-state index contributed by atoms with van der Waals surface area (Å²) in [7, 11) is 0. The minimum atomic E-state index is -0.985. The topological polar surface area (TPSA) is 81.4 Å². The summed E-state index contributed by atoms with van der Waals surface area (Å²) in [5.74, 6) is -1.10. The monoisotopic (exact) mass is 440 g/mol. The molecule has 0 unspecified atom stereocenters. The van der Waals surface area contributed by atoms with Gasteiger partial charge in [-0.2, -0.15) is 5.10 Å². The second-order valence-electron chi connectivity index (χ2n) is 7.85. The SMILES string of the molecule is Cc1ccc(C(=O)c2nn(/C=C/c3ccc(CO[C@H](C)C(=O)O)cc3)c3ccccc23)cc1. The zero-order valence-corrected chi connectivity index (χ0v) is 18.4. The van der Waals surface area contributed by atoms with Crippen molar-refractivity contribution in [2.75, 3.05) is 0 Å². The summed E-state index contributed by atoms with van der Waals surface area (Å²) in [5.41, 5.74) is 4.79. The van der Waals surface area contributed by atoms with Crippen LogP contribution < -0.4 is 0 Å². The Labute approximate surface area is 191 Å². The number of carboxylic acid groups (broad SMARTS) is 1. The lowest BCUT2D eigenvalue weighted by Crippen LogP contribution is -2.19. The Morgan fingerprint density at radius 3 is 2.42 bits per heavy atom. The van der Waals surface area contributed by atoms with E-state index in [9.17, 15) is 9.59 Å². The summed E-state index contributed by atoms with van der Waals surface area (Å²) in [6.45, 7) is 3.72. The molecule has 6 heteroatoms. The van der Waals surface area contributed by atoms with Crippen LogP contribution in [0.2, 0.25) is 0 Å². The van der Waals surface area contributed by atoms with Gasteiger partial charge >= 0.3 is 5.97 Å². The average molecular weight is 440 g/mol. The minimum Gasteiger partial charge on any atom is -0.479 e. The van der Waals surface area contributed by atoms with Crippen molar-refractivity contribution >= 4 is 34.9 Å². The van der Waals surface area contributed by atoms with Crippen molar-refractivity contribution in [1.82, 2.24) is 9.78 Å². The second kappa shape index (κ2) is 9.63. The van der Waals surface area contributed by atoms with Gasteiger partial charge in [0.05, 0.1) is 12.1 Å². The molecule has 1 atom stereocenters. The number of aromatic nitrogens is 2. The number of carbonyl (C=O) groups is 2. The van der Waals surface area contributed by atoms with Crippen molar-refractivity contribution < 1.29 is 19.4 Å². The molecular formula is C27H24N2O4. The molecule has 0 fully saturated rings. The Hall–Kier alpha value is -4.03. The molecule has 3 aromatic carbocycles. The van der Waals surface area contributed by atoms with E-state index in [1.807, 2.05) is 92.0 Å². The minimum absolute atomic E-state index is 0.113. The van der Waals surface area contributed by atoms with Gasteiger partial charge in [0.15, 0.2) is 6.10 Å². The second-order valence-corrected chi connectivity index (χ2v) is 7.85. The van der Waals surface area contributed by atoms with Crippen LogP contribution in [-0.2, 0) is 16.1 Å². The molecule has 0 aliphatic carbocycles. The Morgan fingerprint density at radius 1 is 1.03 bits per heavy atom. The van der Waals surface area contributed by atoms with E-state index in [-0.39, 0.29) is 12.4 Å².